The van der Waals surface area contributed by atoms with Crippen molar-refractivity contribution in [2.45, 2.75) is 6.04 Å². The Kier molecular flexibility index (Phi) is 4.35. The van der Waals surface area contributed by atoms with E-state index in [1.807, 2.05) is 18.2 Å². The highest BCUT2D eigenvalue weighted by Gasteiger charge is 2.20. The fourth-order valence-electron chi connectivity index (χ4n) is 1.97. The summed E-state index contributed by atoms with van der Waals surface area (Å²) >= 11 is 0. The van der Waals surface area contributed by atoms with Crippen LogP contribution in [0.2, 0.25) is 0 Å². The van der Waals surface area contributed by atoms with Gasteiger partial charge in [0.1, 0.15) is 6.04 Å². The lowest BCUT2D eigenvalue weighted by Crippen LogP contribution is -2.35. The molecule has 0 spiro atoms. The Morgan fingerprint density at radius 3 is 2.14 bits per heavy atom. The summed E-state index contributed by atoms with van der Waals surface area (Å²) in [6.45, 7) is 0. The van der Waals surface area contributed by atoms with Crippen molar-refractivity contribution in [3.63, 3.8) is 0 Å². The minimum atomic E-state index is -1.00. The first-order valence-electron chi connectivity index (χ1n) is 6.42. The SMILES string of the molecule is CN(C(=O)[C@H](N)c1ccccc1)c1ccc(C(=O)O)cc1. The number of nitrogens with zero attached hydrogens (tertiary/aromatic N) is 1. The van der Waals surface area contributed by atoms with Gasteiger partial charge in [0, 0.05) is 12.7 Å². The second-order valence-electron chi connectivity index (χ2n) is 4.64. The number of hydrogen-bond donors (Lipinski definition) is 2. The highest BCUT2D eigenvalue weighted by Crippen LogP contribution is 2.19. The zero-order valence-electron chi connectivity index (χ0n) is 11.6. The standard InChI is InChI=1S/C16H16N2O3/c1-18(13-9-7-12(8-10-13)16(20)21)15(19)14(17)11-5-3-2-4-6-11/h2-10,14H,17H2,1H3,(H,20,21)/t14-/m1/s1. The van der Waals surface area contributed by atoms with Crippen LogP contribution in [0.4, 0.5) is 5.69 Å². The maximum Gasteiger partial charge on any atom is 0.335 e. The molecule has 0 aliphatic rings. The molecule has 1 atom stereocenters. The molecule has 0 fully saturated rings. The molecule has 5 heteroatoms. The predicted octanol–water partition coefficient (Wildman–Crippen LogP) is 2.05. The minimum absolute atomic E-state index is 0.173. The van der Waals surface area contributed by atoms with E-state index in [1.54, 1.807) is 31.3 Å². The van der Waals surface area contributed by atoms with E-state index in [1.165, 1.54) is 17.0 Å². The third-order valence-corrected chi connectivity index (χ3v) is 3.26. The zero-order valence-corrected chi connectivity index (χ0v) is 11.6. The van der Waals surface area contributed by atoms with E-state index >= 15 is 0 Å². The Morgan fingerprint density at radius 2 is 1.62 bits per heavy atom. The van der Waals surface area contributed by atoms with Crippen LogP contribution in [0.1, 0.15) is 22.0 Å². The predicted molar refractivity (Wildman–Crippen MR) is 80.2 cm³/mol. The molecule has 21 heavy (non-hydrogen) atoms. The van der Waals surface area contributed by atoms with E-state index in [2.05, 4.69) is 0 Å². The van der Waals surface area contributed by atoms with Crippen LogP contribution in [-0.2, 0) is 4.79 Å². The largest absolute Gasteiger partial charge is 0.478 e. The van der Waals surface area contributed by atoms with E-state index in [0.29, 0.717) is 5.69 Å². The lowest BCUT2D eigenvalue weighted by molar-refractivity contribution is -0.119. The van der Waals surface area contributed by atoms with E-state index < -0.39 is 12.0 Å². The fraction of sp³-hybridized carbons (Fsp3) is 0.125. The molecule has 3 N–H and O–H groups in total. The first-order valence-corrected chi connectivity index (χ1v) is 6.42. The van der Waals surface area contributed by atoms with Crippen molar-refractivity contribution in [3.05, 3.63) is 65.7 Å². The molecule has 0 saturated carbocycles. The Labute approximate surface area is 122 Å². The Balaban J connectivity index is 2.17. The normalized spacial score (nSPS) is 11.7. The van der Waals surface area contributed by atoms with Crippen LogP contribution in [0.3, 0.4) is 0 Å². The van der Waals surface area contributed by atoms with Crippen LogP contribution >= 0.6 is 0 Å². The smallest absolute Gasteiger partial charge is 0.335 e. The molecule has 0 aliphatic heterocycles. The number of likely N-dealkylation sites (N-methyl/N-ethyl adjacent to an activating group) is 1. The van der Waals surface area contributed by atoms with Gasteiger partial charge in [-0.05, 0) is 29.8 Å². The number of aromatic carboxylic acids is 1. The van der Waals surface area contributed by atoms with E-state index in [9.17, 15) is 9.59 Å². The summed E-state index contributed by atoms with van der Waals surface area (Å²) in [6, 6.07) is 14.4. The van der Waals surface area contributed by atoms with Crippen LogP contribution in [-0.4, -0.2) is 24.0 Å². The van der Waals surface area contributed by atoms with Gasteiger partial charge in [-0.25, -0.2) is 4.79 Å². The number of carbonyl (C=O) groups is 2. The minimum Gasteiger partial charge on any atom is -0.478 e. The quantitative estimate of drug-likeness (QED) is 0.900. The molecule has 1 amide bonds. The van der Waals surface area contributed by atoms with E-state index in [4.69, 9.17) is 10.8 Å². The van der Waals surface area contributed by atoms with Crippen LogP contribution < -0.4 is 10.6 Å². The van der Waals surface area contributed by atoms with Gasteiger partial charge in [0.15, 0.2) is 0 Å². The molecule has 0 saturated heterocycles. The molecule has 5 nitrogen and oxygen atoms in total. The average molecular weight is 284 g/mol. The molecule has 2 aromatic carbocycles. The molecular formula is C16H16N2O3. The van der Waals surface area contributed by atoms with Gasteiger partial charge in [-0.1, -0.05) is 30.3 Å². The molecule has 2 aromatic rings. The number of anilines is 1. The van der Waals surface area contributed by atoms with Crippen LogP contribution in [0, 0.1) is 0 Å². The molecule has 0 unspecified atom stereocenters. The van der Waals surface area contributed by atoms with Crippen molar-refractivity contribution < 1.29 is 14.7 Å². The first-order chi connectivity index (χ1) is 10.0. The third kappa shape index (κ3) is 3.27. The summed E-state index contributed by atoms with van der Waals surface area (Å²) in [6.07, 6.45) is 0. The molecule has 0 aromatic heterocycles. The van der Waals surface area contributed by atoms with Crippen molar-refractivity contribution in [2.75, 3.05) is 11.9 Å². The van der Waals surface area contributed by atoms with E-state index in [0.717, 1.165) is 5.56 Å². The van der Waals surface area contributed by atoms with Crippen LogP contribution in [0.5, 0.6) is 0 Å². The van der Waals surface area contributed by atoms with Crippen molar-refractivity contribution >= 4 is 17.6 Å². The Morgan fingerprint density at radius 1 is 1.05 bits per heavy atom. The second-order valence-corrected chi connectivity index (χ2v) is 4.64. The molecule has 0 aliphatic carbocycles. The third-order valence-electron chi connectivity index (χ3n) is 3.26. The molecule has 2 rings (SSSR count). The average Bonchev–Trinajstić information content (AvgIpc) is 2.53. The van der Waals surface area contributed by atoms with Gasteiger partial charge in [0.2, 0.25) is 5.91 Å². The van der Waals surface area contributed by atoms with Crippen molar-refractivity contribution in [1.29, 1.82) is 0 Å². The highest BCUT2D eigenvalue weighted by molar-refractivity contribution is 5.97. The Bertz CT molecular complexity index is 638. The second kappa shape index (κ2) is 6.19. The van der Waals surface area contributed by atoms with Crippen LogP contribution in [0.25, 0.3) is 0 Å². The maximum atomic E-state index is 12.3. The number of amides is 1. The van der Waals surface area contributed by atoms with Crippen molar-refractivity contribution in [1.82, 2.24) is 0 Å². The number of benzene rings is 2. The van der Waals surface area contributed by atoms with Gasteiger partial charge in [-0.2, -0.15) is 0 Å². The molecule has 0 heterocycles. The number of carboxylic acid groups (broad SMARTS) is 1. The zero-order chi connectivity index (χ0) is 15.4. The van der Waals surface area contributed by atoms with Gasteiger partial charge < -0.3 is 15.7 Å². The van der Waals surface area contributed by atoms with Gasteiger partial charge in [-0.15, -0.1) is 0 Å². The summed E-state index contributed by atoms with van der Waals surface area (Å²) in [5.41, 5.74) is 7.47. The number of hydrogen-bond acceptors (Lipinski definition) is 3. The van der Waals surface area contributed by atoms with Gasteiger partial charge in [0.25, 0.3) is 0 Å². The molecule has 0 bridgehead atoms. The van der Waals surface area contributed by atoms with Gasteiger partial charge in [0.05, 0.1) is 5.56 Å². The van der Waals surface area contributed by atoms with Crippen molar-refractivity contribution in [3.8, 4) is 0 Å². The number of rotatable bonds is 4. The monoisotopic (exact) mass is 284 g/mol. The maximum absolute atomic E-state index is 12.3. The number of nitrogens with two attached hydrogens (primary N) is 1. The summed E-state index contributed by atoms with van der Waals surface area (Å²) in [4.78, 5) is 24.6. The summed E-state index contributed by atoms with van der Waals surface area (Å²) < 4.78 is 0. The summed E-state index contributed by atoms with van der Waals surface area (Å²) in [7, 11) is 1.61. The van der Waals surface area contributed by atoms with Crippen LogP contribution in [0.15, 0.2) is 54.6 Å². The lowest BCUT2D eigenvalue weighted by atomic mass is 10.1. The number of carboxylic acids is 1. The van der Waals surface area contributed by atoms with Crippen molar-refractivity contribution in [2.24, 2.45) is 5.73 Å². The fourth-order valence-corrected chi connectivity index (χ4v) is 1.97. The topological polar surface area (TPSA) is 83.6 Å². The Hall–Kier alpha value is -2.66. The summed E-state index contributed by atoms with van der Waals surface area (Å²) in [5, 5.41) is 8.86. The number of carbonyl (C=O) groups excluding carboxylic acids is 1. The highest BCUT2D eigenvalue weighted by atomic mass is 16.4. The lowest BCUT2D eigenvalue weighted by Gasteiger charge is -2.21. The first kappa shape index (κ1) is 14.7. The van der Waals surface area contributed by atoms with E-state index in [-0.39, 0.29) is 11.5 Å². The van der Waals surface area contributed by atoms with Gasteiger partial charge in [-0.3, -0.25) is 4.79 Å². The summed E-state index contributed by atoms with van der Waals surface area (Å²) in [5.74, 6) is -1.26. The van der Waals surface area contributed by atoms with Gasteiger partial charge >= 0.3 is 5.97 Å². The molecule has 0 radical (unpaired) electrons. The molecule has 108 valence electrons. The molecular weight excluding hydrogens is 268 g/mol.